The van der Waals surface area contributed by atoms with Crippen molar-refractivity contribution in [2.45, 2.75) is 12.5 Å². The zero-order valence-corrected chi connectivity index (χ0v) is 14.4. The van der Waals surface area contributed by atoms with Gasteiger partial charge in [-0.1, -0.05) is 24.3 Å². The van der Waals surface area contributed by atoms with E-state index in [2.05, 4.69) is 19.9 Å². The van der Waals surface area contributed by atoms with Gasteiger partial charge in [-0.25, -0.2) is 9.97 Å². The van der Waals surface area contributed by atoms with Gasteiger partial charge in [-0.15, -0.1) is 0 Å². The number of aromatic amines is 2. The van der Waals surface area contributed by atoms with E-state index >= 15 is 0 Å². The molecule has 2 N–H and O–H groups in total. The van der Waals surface area contributed by atoms with E-state index in [1.54, 1.807) is 6.33 Å². The molecule has 0 fully saturated rings. The summed E-state index contributed by atoms with van der Waals surface area (Å²) in [6, 6.07) is 16.3. The fourth-order valence-electron chi connectivity index (χ4n) is 3.84. The SMILES string of the molecule is c1ccc2[nH]c([C@@H]3c4nc[nH]c4CCN3c3nc4ccccc4o3)nc2c1. The highest BCUT2D eigenvalue weighted by atomic mass is 16.4. The second kappa shape index (κ2) is 5.44. The van der Waals surface area contributed by atoms with Gasteiger partial charge >= 0.3 is 0 Å². The molecule has 1 atom stereocenters. The van der Waals surface area contributed by atoms with E-state index in [-0.39, 0.29) is 6.04 Å². The van der Waals surface area contributed by atoms with E-state index in [4.69, 9.17) is 14.4 Å². The molecule has 2 aromatic carbocycles. The Morgan fingerprint density at radius 2 is 1.85 bits per heavy atom. The Hall–Kier alpha value is -3.61. The lowest BCUT2D eigenvalue weighted by molar-refractivity contribution is 0.515. The molecule has 6 rings (SSSR count). The fourth-order valence-corrected chi connectivity index (χ4v) is 3.84. The van der Waals surface area contributed by atoms with E-state index in [9.17, 15) is 0 Å². The molecule has 0 bridgehead atoms. The number of rotatable bonds is 2. The van der Waals surface area contributed by atoms with E-state index in [0.717, 1.165) is 52.3 Å². The van der Waals surface area contributed by atoms with Crippen LogP contribution in [0.5, 0.6) is 0 Å². The van der Waals surface area contributed by atoms with Gasteiger partial charge < -0.3 is 19.3 Å². The highest BCUT2D eigenvalue weighted by molar-refractivity contribution is 5.76. The van der Waals surface area contributed by atoms with Gasteiger partial charge in [0, 0.05) is 18.7 Å². The van der Waals surface area contributed by atoms with Gasteiger partial charge in [0.05, 0.1) is 23.1 Å². The summed E-state index contributed by atoms with van der Waals surface area (Å²) < 4.78 is 6.06. The number of nitrogens with one attached hydrogen (secondary N) is 2. The monoisotopic (exact) mass is 356 g/mol. The van der Waals surface area contributed by atoms with E-state index < -0.39 is 0 Å². The van der Waals surface area contributed by atoms with Gasteiger partial charge in [-0.05, 0) is 24.3 Å². The first-order valence-corrected chi connectivity index (χ1v) is 8.96. The number of H-pyrrole nitrogens is 2. The van der Waals surface area contributed by atoms with Crippen LogP contribution in [0, 0.1) is 0 Å². The summed E-state index contributed by atoms with van der Waals surface area (Å²) in [6.45, 7) is 0.768. The van der Waals surface area contributed by atoms with Crippen molar-refractivity contribution in [1.82, 2.24) is 24.9 Å². The molecule has 132 valence electrons. The average molecular weight is 356 g/mol. The molecule has 0 amide bonds. The molecule has 5 aromatic rings. The minimum atomic E-state index is -0.180. The number of oxazole rings is 1. The van der Waals surface area contributed by atoms with E-state index in [1.807, 2.05) is 48.5 Å². The van der Waals surface area contributed by atoms with Crippen molar-refractivity contribution in [3.63, 3.8) is 0 Å². The van der Waals surface area contributed by atoms with Crippen LogP contribution in [0.3, 0.4) is 0 Å². The zero-order valence-electron chi connectivity index (χ0n) is 14.4. The topological polar surface area (TPSA) is 86.6 Å². The lowest BCUT2D eigenvalue weighted by Crippen LogP contribution is -2.37. The third-order valence-electron chi connectivity index (χ3n) is 5.12. The van der Waals surface area contributed by atoms with Crippen molar-refractivity contribution in [3.05, 3.63) is 72.1 Å². The van der Waals surface area contributed by atoms with Crippen molar-refractivity contribution >= 4 is 28.1 Å². The standard InChI is InChI=1S/C20H16N6O/c1-2-6-13-12(5-1)23-19(24-13)18-17-15(21-11-22-17)9-10-26(18)20-25-14-7-3-4-8-16(14)27-20/h1-8,11,18H,9-10H2,(H,21,22)(H,23,24)/t18-/m0/s1. The molecule has 0 aliphatic carbocycles. The second-order valence-electron chi connectivity index (χ2n) is 6.72. The molecule has 1 aliphatic heterocycles. The Morgan fingerprint density at radius 3 is 2.74 bits per heavy atom. The minimum Gasteiger partial charge on any atom is -0.423 e. The number of nitrogens with zero attached hydrogens (tertiary/aromatic N) is 4. The predicted octanol–water partition coefficient (Wildman–Crippen LogP) is 3.58. The van der Waals surface area contributed by atoms with Crippen molar-refractivity contribution in [2.75, 3.05) is 11.4 Å². The maximum Gasteiger partial charge on any atom is 0.299 e. The summed E-state index contributed by atoms with van der Waals surface area (Å²) in [4.78, 5) is 23.0. The Labute approximate surface area is 154 Å². The van der Waals surface area contributed by atoms with Crippen LogP contribution in [0.2, 0.25) is 0 Å². The Kier molecular flexibility index (Phi) is 2.93. The molecule has 0 saturated carbocycles. The van der Waals surface area contributed by atoms with Gasteiger partial charge in [0.25, 0.3) is 6.01 Å². The third-order valence-corrected chi connectivity index (χ3v) is 5.12. The van der Waals surface area contributed by atoms with Gasteiger partial charge in [0.15, 0.2) is 5.58 Å². The van der Waals surface area contributed by atoms with Crippen LogP contribution in [-0.2, 0) is 6.42 Å². The Balaban J connectivity index is 1.53. The Bertz CT molecular complexity index is 1200. The zero-order chi connectivity index (χ0) is 17.8. The molecule has 4 heterocycles. The highest BCUT2D eigenvalue weighted by Gasteiger charge is 2.35. The summed E-state index contributed by atoms with van der Waals surface area (Å²) in [7, 11) is 0. The largest absolute Gasteiger partial charge is 0.423 e. The number of anilines is 1. The summed E-state index contributed by atoms with van der Waals surface area (Å²) in [5.74, 6) is 0.839. The fraction of sp³-hybridized carbons (Fsp3) is 0.150. The van der Waals surface area contributed by atoms with E-state index in [1.165, 1.54) is 0 Å². The number of imidazole rings is 2. The maximum atomic E-state index is 6.06. The van der Waals surface area contributed by atoms with Crippen LogP contribution in [0.25, 0.3) is 22.1 Å². The molecule has 27 heavy (non-hydrogen) atoms. The van der Waals surface area contributed by atoms with Gasteiger partial charge in [0.2, 0.25) is 0 Å². The van der Waals surface area contributed by atoms with Gasteiger partial charge in [0.1, 0.15) is 17.4 Å². The first-order chi connectivity index (χ1) is 13.4. The predicted molar refractivity (Wildman–Crippen MR) is 102 cm³/mol. The average Bonchev–Trinajstić information content (AvgIpc) is 3.43. The van der Waals surface area contributed by atoms with Crippen molar-refractivity contribution < 1.29 is 4.42 Å². The minimum absolute atomic E-state index is 0.180. The number of fused-ring (bicyclic) bond motifs is 3. The normalized spacial score (nSPS) is 16.9. The van der Waals surface area contributed by atoms with Crippen LogP contribution >= 0.6 is 0 Å². The van der Waals surface area contributed by atoms with Gasteiger partial charge in [-0.2, -0.15) is 4.98 Å². The third kappa shape index (κ3) is 2.18. The summed E-state index contributed by atoms with van der Waals surface area (Å²) >= 11 is 0. The van der Waals surface area contributed by atoms with E-state index in [0.29, 0.717) is 6.01 Å². The molecular formula is C20H16N6O. The number of hydrogen-bond acceptors (Lipinski definition) is 5. The Morgan fingerprint density at radius 1 is 1.00 bits per heavy atom. The smallest absolute Gasteiger partial charge is 0.299 e. The summed E-state index contributed by atoms with van der Waals surface area (Å²) in [6.07, 6.45) is 2.60. The molecule has 3 aromatic heterocycles. The molecule has 7 nitrogen and oxygen atoms in total. The molecule has 0 unspecified atom stereocenters. The molecule has 1 aliphatic rings. The molecular weight excluding hydrogens is 340 g/mol. The van der Waals surface area contributed by atoms with Crippen LogP contribution in [0.4, 0.5) is 6.01 Å². The first kappa shape index (κ1) is 14.5. The molecule has 7 heteroatoms. The molecule has 0 spiro atoms. The second-order valence-corrected chi connectivity index (χ2v) is 6.72. The molecule has 0 saturated heterocycles. The number of hydrogen-bond donors (Lipinski definition) is 2. The molecule has 0 radical (unpaired) electrons. The van der Waals surface area contributed by atoms with Crippen LogP contribution in [0.1, 0.15) is 23.3 Å². The lowest BCUT2D eigenvalue weighted by atomic mass is 10.0. The first-order valence-electron chi connectivity index (χ1n) is 8.96. The van der Waals surface area contributed by atoms with Crippen LogP contribution in [-0.4, -0.2) is 31.5 Å². The quantitative estimate of drug-likeness (QED) is 0.505. The van der Waals surface area contributed by atoms with Crippen molar-refractivity contribution in [3.8, 4) is 0 Å². The number of para-hydroxylation sites is 4. The summed E-state index contributed by atoms with van der Waals surface area (Å²) in [5, 5.41) is 0. The van der Waals surface area contributed by atoms with Crippen molar-refractivity contribution in [2.24, 2.45) is 0 Å². The van der Waals surface area contributed by atoms with Gasteiger partial charge in [-0.3, -0.25) is 0 Å². The van der Waals surface area contributed by atoms with Crippen LogP contribution < -0.4 is 4.90 Å². The maximum absolute atomic E-state index is 6.06. The van der Waals surface area contributed by atoms with Crippen LogP contribution in [0.15, 0.2) is 59.3 Å². The summed E-state index contributed by atoms with van der Waals surface area (Å²) in [5.41, 5.74) is 5.67. The van der Waals surface area contributed by atoms with Crippen molar-refractivity contribution in [1.29, 1.82) is 0 Å². The highest BCUT2D eigenvalue weighted by Crippen LogP contribution is 2.37. The lowest BCUT2D eigenvalue weighted by Gasteiger charge is -2.32. The number of benzene rings is 2. The number of aromatic nitrogens is 5.